The fourth-order valence-corrected chi connectivity index (χ4v) is 3.24. The molecule has 2 aromatic rings. The van der Waals surface area contributed by atoms with Gasteiger partial charge in [0.2, 0.25) is 10.0 Å². The molecule has 0 amide bonds. The maximum absolute atomic E-state index is 12.3. The molecule has 0 aliphatic heterocycles. The molecule has 4 nitrogen and oxygen atoms in total. The SMILES string of the molecule is CC(C)(C)c1ccc(S(=O)(=O)NC[C@@H](O)c2ccccc2)cc1. The topological polar surface area (TPSA) is 66.4 Å². The van der Waals surface area contributed by atoms with E-state index in [9.17, 15) is 13.5 Å². The molecule has 124 valence electrons. The Bertz CT molecular complexity index is 732. The van der Waals surface area contributed by atoms with Gasteiger partial charge in [-0.3, -0.25) is 0 Å². The van der Waals surface area contributed by atoms with Crippen LogP contribution >= 0.6 is 0 Å². The number of aliphatic hydroxyl groups excluding tert-OH is 1. The van der Waals surface area contributed by atoms with Gasteiger partial charge in [0.05, 0.1) is 11.0 Å². The molecule has 0 aliphatic carbocycles. The van der Waals surface area contributed by atoms with Crippen molar-refractivity contribution in [2.24, 2.45) is 0 Å². The lowest BCUT2D eigenvalue weighted by Crippen LogP contribution is -2.28. The second kappa shape index (κ2) is 6.83. The lowest BCUT2D eigenvalue weighted by Gasteiger charge is -2.19. The molecule has 2 aromatic carbocycles. The maximum Gasteiger partial charge on any atom is 0.240 e. The summed E-state index contributed by atoms with van der Waals surface area (Å²) >= 11 is 0. The van der Waals surface area contributed by atoms with Gasteiger partial charge in [-0.2, -0.15) is 0 Å². The molecule has 0 saturated carbocycles. The normalized spacial score (nSPS) is 13.7. The van der Waals surface area contributed by atoms with Crippen LogP contribution in [0.2, 0.25) is 0 Å². The molecule has 0 saturated heterocycles. The Morgan fingerprint density at radius 3 is 2.09 bits per heavy atom. The molecule has 0 unspecified atom stereocenters. The lowest BCUT2D eigenvalue weighted by molar-refractivity contribution is 0.182. The summed E-state index contributed by atoms with van der Waals surface area (Å²) in [5.41, 5.74) is 1.72. The van der Waals surface area contributed by atoms with E-state index in [1.54, 1.807) is 36.4 Å². The third-order valence-corrected chi connectivity index (χ3v) is 5.12. The van der Waals surface area contributed by atoms with Crippen molar-refractivity contribution in [1.29, 1.82) is 0 Å². The summed E-state index contributed by atoms with van der Waals surface area (Å²) in [5.74, 6) is 0. The van der Waals surface area contributed by atoms with Crippen LogP contribution < -0.4 is 4.72 Å². The van der Waals surface area contributed by atoms with Crippen LogP contribution in [0.5, 0.6) is 0 Å². The molecule has 1 atom stereocenters. The molecule has 5 heteroatoms. The molecule has 0 spiro atoms. The first-order valence-corrected chi connectivity index (χ1v) is 9.02. The Labute approximate surface area is 138 Å². The predicted octanol–water partition coefficient (Wildman–Crippen LogP) is 3.00. The molecule has 23 heavy (non-hydrogen) atoms. The van der Waals surface area contributed by atoms with Crippen LogP contribution in [0.1, 0.15) is 38.0 Å². The number of rotatable bonds is 5. The van der Waals surface area contributed by atoms with Crippen LogP contribution in [0.3, 0.4) is 0 Å². The molecular formula is C18H23NO3S. The molecule has 2 rings (SSSR count). The fraction of sp³-hybridized carbons (Fsp3) is 0.333. The molecule has 0 radical (unpaired) electrons. The van der Waals surface area contributed by atoms with Gasteiger partial charge >= 0.3 is 0 Å². The van der Waals surface area contributed by atoms with E-state index in [0.29, 0.717) is 5.56 Å². The van der Waals surface area contributed by atoms with E-state index in [1.165, 1.54) is 0 Å². The molecule has 2 N–H and O–H groups in total. The van der Waals surface area contributed by atoms with Crippen LogP contribution in [0.15, 0.2) is 59.5 Å². The first-order valence-electron chi connectivity index (χ1n) is 7.53. The molecular weight excluding hydrogens is 310 g/mol. The number of hydrogen-bond donors (Lipinski definition) is 2. The number of benzene rings is 2. The van der Waals surface area contributed by atoms with Gasteiger partial charge in [-0.05, 0) is 28.7 Å². The van der Waals surface area contributed by atoms with E-state index in [4.69, 9.17) is 0 Å². The highest BCUT2D eigenvalue weighted by Crippen LogP contribution is 2.23. The van der Waals surface area contributed by atoms with Gasteiger partial charge in [0.15, 0.2) is 0 Å². The standard InChI is InChI=1S/C18H23NO3S/c1-18(2,3)15-9-11-16(12-10-15)23(21,22)19-13-17(20)14-7-5-4-6-8-14/h4-12,17,19-20H,13H2,1-3H3/t17-/m1/s1. The van der Waals surface area contributed by atoms with Gasteiger partial charge < -0.3 is 5.11 Å². The summed E-state index contributed by atoms with van der Waals surface area (Å²) in [5, 5.41) is 10.1. The largest absolute Gasteiger partial charge is 0.387 e. The summed E-state index contributed by atoms with van der Waals surface area (Å²) in [6.45, 7) is 6.16. The quantitative estimate of drug-likeness (QED) is 0.884. The van der Waals surface area contributed by atoms with Crippen LogP contribution in [-0.4, -0.2) is 20.1 Å². The van der Waals surface area contributed by atoms with Gasteiger partial charge in [0, 0.05) is 6.54 Å². The van der Waals surface area contributed by atoms with Crippen LogP contribution in [0, 0.1) is 0 Å². The van der Waals surface area contributed by atoms with E-state index in [1.807, 2.05) is 18.2 Å². The second-order valence-corrected chi connectivity index (χ2v) is 8.32. The summed E-state index contributed by atoms with van der Waals surface area (Å²) < 4.78 is 27.1. The number of sulfonamides is 1. The number of hydrogen-bond acceptors (Lipinski definition) is 3. The average Bonchev–Trinajstić information content (AvgIpc) is 2.53. The molecule has 0 fully saturated rings. The highest BCUT2D eigenvalue weighted by atomic mass is 32.2. The van der Waals surface area contributed by atoms with Crippen molar-refractivity contribution in [3.8, 4) is 0 Å². The third kappa shape index (κ3) is 4.64. The second-order valence-electron chi connectivity index (χ2n) is 6.55. The van der Waals surface area contributed by atoms with E-state index < -0.39 is 16.1 Å². The summed E-state index contributed by atoms with van der Waals surface area (Å²) in [6.07, 6.45) is -0.875. The van der Waals surface area contributed by atoms with Crippen molar-refractivity contribution < 1.29 is 13.5 Å². The van der Waals surface area contributed by atoms with E-state index in [0.717, 1.165) is 5.56 Å². The van der Waals surface area contributed by atoms with Crippen LogP contribution in [0.25, 0.3) is 0 Å². The zero-order valence-corrected chi connectivity index (χ0v) is 14.5. The molecule has 0 bridgehead atoms. The fourth-order valence-electron chi connectivity index (χ4n) is 2.20. The van der Waals surface area contributed by atoms with Crippen molar-refractivity contribution in [3.63, 3.8) is 0 Å². The first-order chi connectivity index (χ1) is 10.7. The monoisotopic (exact) mass is 333 g/mol. The lowest BCUT2D eigenvalue weighted by atomic mass is 9.87. The van der Waals surface area contributed by atoms with E-state index in [-0.39, 0.29) is 16.9 Å². The molecule has 0 heterocycles. The zero-order chi connectivity index (χ0) is 17.1. The first kappa shape index (κ1) is 17.7. The molecule has 0 aliphatic rings. The third-order valence-electron chi connectivity index (χ3n) is 3.68. The highest BCUT2D eigenvalue weighted by molar-refractivity contribution is 7.89. The minimum Gasteiger partial charge on any atom is -0.387 e. The van der Waals surface area contributed by atoms with Gasteiger partial charge in [-0.1, -0.05) is 63.2 Å². The predicted molar refractivity (Wildman–Crippen MR) is 91.7 cm³/mol. The van der Waals surface area contributed by atoms with Gasteiger partial charge in [0.25, 0.3) is 0 Å². The summed E-state index contributed by atoms with van der Waals surface area (Å²) in [4.78, 5) is 0.200. The maximum atomic E-state index is 12.3. The van der Waals surface area contributed by atoms with E-state index >= 15 is 0 Å². The Hall–Kier alpha value is -1.69. The van der Waals surface area contributed by atoms with E-state index in [2.05, 4.69) is 25.5 Å². The van der Waals surface area contributed by atoms with Crippen LogP contribution in [-0.2, 0) is 15.4 Å². The Balaban J connectivity index is 2.07. The van der Waals surface area contributed by atoms with Gasteiger partial charge in [-0.25, -0.2) is 13.1 Å². The van der Waals surface area contributed by atoms with Gasteiger partial charge in [-0.15, -0.1) is 0 Å². The van der Waals surface area contributed by atoms with Crippen LogP contribution in [0.4, 0.5) is 0 Å². The van der Waals surface area contributed by atoms with Crippen molar-refractivity contribution in [1.82, 2.24) is 4.72 Å². The number of aliphatic hydroxyl groups is 1. The highest BCUT2D eigenvalue weighted by Gasteiger charge is 2.18. The summed E-state index contributed by atoms with van der Waals surface area (Å²) in [7, 11) is -3.64. The van der Waals surface area contributed by atoms with Gasteiger partial charge in [0.1, 0.15) is 0 Å². The van der Waals surface area contributed by atoms with Crippen molar-refractivity contribution in [2.45, 2.75) is 37.2 Å². The minimum atomic E-state index is -3.64. The Morgan fingerprint density at radius 1 is 1.00 bits per heavy atom. The van der Waals surface area contributed by atoms with Crippen molar-refractivity contribution >= 4 is 10.0 Å². The van der Waals surface area contributed by atoms with Crippen molar-refractivity contribution in [2.75, 3.05) is 6.54 Å². The average molecular weight is 333 g/mol. The summed E-state index contributed by atoms with van der Waals surface area (Å²) in [6, 6.07) is 15.8. The zero-order valence-electron chi connectivity index (χ0n) is 13.7. The number of nitrogens with one attached hydrogen (secondary N) is 1. The smallest absolute Gasteiger partial charge is 0.240 e. The Morgan fingerprint density at radius 2 is 1.57 bits per heavy atom. The Kier molecular flexibility index (Phi) is 5.24. The minimum absolute atomic E-state index is 0.0285. The van der Waals surface area contributed by atoms with Crippen molar-refractivity contribution in [3.05, 3.63) is 65.7 Å². The molecule has 0 aromatic heterocycles.